The van der Waals surface area contributed by atoms with E-state index in [4.69, 9.17) is 4.74 Å². The molecule has 1 spiro atoms. The molecule has 1 fully saturated rings. The number of aliphatic hydroxyl groups is 1. The summed E-state index contributed by atoms with van der Waals surface area (Å²) in [4.78, 5) is 14.8. The number of amides is 1. The second-order valence-corrected chi connectivity index (χ2v) is 9.62. The topological polar surface area (TPSA) is 73.8 Å². The van der Waals surface area contributed by atoms with Gasteiger partial charge in [0, 0.05) is 37.7 Å². The molecule has 3 aliphatic rings. The molecule has 4 unspecified atom stereocenters. The molecule has 1 aliphatic carbocycles. The van der Waals surface area contributed by atoms with Crippen LogP contribution in [0.2, 0.25) is 0 Å². The van der Waals surface area contributed by atoms with Crippen LogP contribution in [-0.2, 0) is 24.4 Å². The summed E-state index contributed by atoms with van der Waals surface area (Å²) >= 11 is 0. The zero-order valence-electron chi connectivity index (χ0n) is 19.9. The molecule has 0 saturated carbocycles. The molecule has 3 N–H and O–H groups in total. The minimum absolute atomic E-state index is 0.00589. The highest BCUT2D eigenvalue weighted by molar-refractivity contribution is 5.84. The number of piperidine rings is 1. The van der Waals surface area contributed by atoms with Gasteiger partial charge in [0.1, 0.15) is 17.1 Å². The van der Waals surface area contributed by atoms with E-state index in [2.05, 4.69) is 27.4 Å². The first-order chi connectivity index (χ1) is 17.2. The Hall–Kier alpha value is -3.06. The van der Waals surface area contributed by atoms with Crippen LogP contribution in [0, 0.1) is 17.7 Å². The highest BCUT2D eigenvalue weighted by Crippen LogP contribution is 2.37. The highest BCUT2D eigenvalue weighted by Gasteiger charge is 2.44. The van der Waals surface area contributed by atoms with Crippen molar-refractivity contribution in [2.45, 2.75) is 69.6 Å². The molecule has 0 radical (unpaired) electrons. The van der Waals surface area contributed by atoms with Crippen molar-refractivity contribution < 1.29 is 27.8 Å². The minimum Gasteiger partial charge on any atom is -0.493 e. The summed E-state index contributed by atoms with van der Waals surface area (Å²) in [6.45, 7) is 2.82. The van der Waals surface area contributed by atoms with Gasteiger partial charge in [-0.1, -0.05) is 30.0 Å². The molecule has 0 aromatic heterocycles. The Bertz CT molecular complexity index is 1240. The van der Waals surface area contributed by atoms with Gasteiger partial charge in [0.05, 0.1) is 12.6 Å². The molecule has 190 valence electrons. The number of benzene rings is 2. The maximum absolute atomic E-state index is 15.0. The van der Waals surface area contributed by atoms with E-state index in [0.717, 1.165) is 42.2 Å². The number of carbonyl (C=O) groups is 1. The van der Waals surface area contributed by atoms with Crippen LogP contribution >= 0.6 is 0 Å². The fourth-order valence-corrected chi connectivity index (χ4v) is 5.10. The number of nitrogens with one attached hydrogen (secondary N) is 2. The molecular formula is C27H28F3N3O3. The van der Waals surface area contributed by atoms with Crippen LogP contribution < -0.4 is 15.4 Å². The summed E-state index contributed by atoms with van der Waals surface area (Å²) in [5.74, 6) is 1.82. The average molecular weight is 500 g/mol. The van der Waals surface area contributed by atoms with Crippen molar-refractivity contribution in [2.24, 2.45) is 0 Å². The van der Waals surface area contributed by atoms with Crippen LogP contribution in [0.25, 0.3) is 0 Å². The van der Waals surface area contributed by atoms with Crippen LogP contribution in [0.4, 0.5) is 13.2 Å². The van der Waals surface area contributed by atoms with Crippen molar-refractivity contribution in [3.63, 3.8) is 0 Å². The van der Waals surface area contributed by atoms with Crippen molar-refractivity contribution in [3.8, 4) is 17.6 Å². The summed E-state index contributed by atoms with van der Waals surface area (Å²) in [6.07, 6.45) is -0.227. The number of carbonyl (C=O) groups excluding carboxylic acids is 1. The third kappa shape index (κ3) is 4.69. The molecule has 0 bridgehead atoms. The Morgan fingerprint density at radius 1 is 1.31 bits per heavy atom. The number of rotatable bonds is 8. The highest BCUT2D eigenvalue weighted by atomic mass is 19.2. The largest absolute Gasteiger partial charge is 0.493 e. The van der Waals surface area contributed by atoms with Gasteiger partial charge in [-0.2, -0.15) is 4.39 Å². The fourth-order valence-electron chi connectivity index (χ4n) is 5.10. The van der Waals surface area contributed by atoms with Crippen LogP contribution in [0.3, 0.4) is 0 Å². The lowest BCUT2D eigenvalue weighted by molar-refractivity contribution is -0.172. The Morgan fingerprint density at radius 3 is 2.78 bits per heavy atom. The second-order valence-electron chi connectivity index (χ2n) is 9.62. The Labute approximate surface area is 207 Å². The summed E-state index contributed by atoms with van der Waals surface area (Å²) in [6, 6.07) is 8.33. The van der Waals surface area contributed by atoms with E-state index in [1.54, 1.807) is 13.0 Å². The van der Waals surface area contributed by atoms with Crippen LogP contribution in [0.15, 0.2) is 36.4 Å². The normalized spacial score (nSPS) is 25.2. The Morgan fingerprint density at radius 2 is 2.08 bits per heavy atom. The quantitative estimate of drug-likeness (QED) is 0.295. The van der Waals surface area contributed by atoms with Crippen molar-refractivity contribution in [2.75, 3.05) is 6.61 Å². The van der Waals surface area contributed by atoms with Gasteiger partial charge in [0.25, 0.3) is 5.98 Å². The Balaban J connectivity index is 1.22. The molecule has 36 heavy (non-hydrogen) atoms. The fraction of sp³-hybridized carbons (Fsp3) is 0.444. The van der Waals surface area contributed by atoms with E-state index in [-0.39, 0.29) is 42.0 Å². The van der Waals surface area contributed by atoms with Crippen molar-refractivity contribution in [3.05, 3.63) is 64.5 Å². The predicted molar refractivity (Wildman–Crippen MR) is 126 cm³/mol. The first-order valence-corrected chi connectivity index (χ1v) is 12.1. The molecule has 2 heterocycles. The van der Waals surface area contributed by atoms with Gasteiger partial charge in [-0.3, -0.25) is 15.0 Å². The van der Waals surface area contributed by atoms with E-state index in [9.17, 15) is 23.1 Å². The molecular weight excluding hydrogens is 471 g/mol. The lowest BCUT2D eigenvalue weighted by atomic mass is 9.79. The second kappa shape index (κ2) is 9.43. The van der Waals surface area contributed by atoms with E-state index in [1.165, 1.54) is 0 Å². The van der Waals surface area contributed by atoms with Crippen molar-refractivity contribution in [1.82, 2.24) is 15.5 Å². The summed E-state index contributed by atoms with van der Waals surface area (Å²) in [7, 11) is 0. The maximum Gasteiger partial charge on any atom is 0.300 e. The third-order valence-corrected chi connectivity index (χ3v) is 7.11. The van der Waals surface area contributed by atoms with Gasteiger partial charge in [0.15, 0.2) is 0 Å². The SMILES string of the molecule is CCOc1cc(F)ccc1C(F)C(O)(F)NCc1ccc2c(c1)CN(C1CCC3(C#CC3)NC1=O)C2. The molecule has 2 aliphatic heterocycles. The molecule has 1 saturated heterocycles. The van der Waals surface area contributed by atoms with Gasteiger partial charge < -0.3 is 15.2 Å². The summed E-state index contributed by atoms with van der Waals surface area (Å²) in [5, 5.41) is 15.5. The van der Waals surface area contributed by atoms with E-state index < -0.39 is 18.0 Å². The van der Waals surface area contributed by atoms with Gasteiger partial charge in [0.2, 0.25) is 12.1 Å². The number of hydrogen-bond donors (Lipinski definition) is 3. The van der Waals surface area contributed by atoms with Crippen LogP contribution in [-0.4, -0.2) is 40.1 Å². The van der Waals surface area contributed by atoms with Crippen molar-refractivity contribution >= 4 is 5.91 Å². The predicted octanol–water partition coefficient (Wildman–Crippen LogP) is 3.38. The number of ether oxygens (including phenoxy) is 1. The number of nitrogens with zero attached hydrogens (tertiary/aromatic N) is 1. The maximum atomic E-state index is 15.0. The zero-order valence-corrected chi connectivity index (χ0v) is 19.9. The van der Waals surface area contributed by atoms with E-state index >= 15 is 0 Å². The number of alkyl halides is 2. The molecule has 2 aromatic rings. The third-order valence-electron chi connectivity index (χ3n) is 7.11. The number of halogens is 3. The van der Waals surface area contributed by atoms with Gasteiger partial charge in [-0.05, 0) is 48.6 Å². The molecule has 1 amide bonds. The average Bonchev–Trinajstić information content (AvgIpc) is 3.24. The van der Waals surface area contributed by atoms with Gasteiger partial charge >= 0.3 is 0 Å². The smallest absolute Gasteiger partial charge is 0.300 e. The molecule has 6 nitrogen and oxygen atoms in total. The Kier molecular flexibility index (Phi) is 6.45. The van der Waals surface area contributed by atoms with Crippen LogP contribution in [0.1, 0.15) is 54.6 Å². The van der Waals surface area contributed by atoms with Crippen LogP contribution in [0.5, 0.6) is 5.75 Å². The molecule has 5 rings (SSSR count). The van der Waals surface area contributed by atoms with E-state index in [1.807, 2.05) is 12.1 Å². The molecule has 2 aromatic carbocycles. The van der Waals surface area contributed by atoms with Gasteiger partial charge in [-0.15, -0.1) is 0 Å². The lowest BCUT2D eigenvalue weighted by Gasteiger charge is -2.41. The zero-order chi connectivity index (χ0) is 25.5. The minimum atomic E-state index is -3.41. The monoisotopic (exact) mass is 499 g/mol. The van der Waals surface area contributed by atoms with Gasteiger partial charge in [-0.25, -0.2) is 8.78 Å². The first kappa shape index (κ1) is 24.6. The summed E-state index contributed by atoms with van der Waals surface area (Å²) < 4.78 is 48.7. The summed E-state index contributed by atoms with van der Waals surface area (Å²) in [5.41, 5.74) is 2.10. The standard InChI is InChI=1S/C27H28F3N3O3/c1-2-36-23-13-20(28)6-7-21(23)24(29)27(30,35)31-14-17-4-5-18-15-33(16-19(18)12-17)22-8-11-26(9-3-10-26)32-25(22)34/h4-7,12-13,22,24,31,35H,2,8-9,11,14-16H2,1H3,(H,32,34). The van der Waals surface area contributed by atoms with Crippen molar-refractivity contribution in [1.29, 1.82) is 0 Å². The number of hydrogen-bond acceptors (Lipinski definition) is 5. The first-order valence-electron chi connectivity index (χ1n) is 12.1. The number of fused-ring (bicyclic) bond motifs is 1. The molecule has 9 heteroatoms. The molecule has 4 atom stereocenters. The lowest BCUT2D eigenvalue weighted by Crippen LogP contribution is -2.60. The van der Waals surface area contributed by atoms with E-state index in [0.29, 0.717) is 25.1 Å².